The molecule has 1 aromatic rings. The predicted molar refractivity (Wildman–Crippen MR) is 73.5 cm³/mol. The van der Waals surface area contributed by atoms with Crippen molar-refractivity contribution in [1.82, 2.24) is 5.32 Å². The molecule has 1 amide bonds. The molecule has 1 aliphatic rings. The summed E-state index contributed by atoms with van der Waals surface area (Å²) in [5, 5.41) is 6.07. The Balaban J connectivity index is 1.87. The van der Waals surface area contributed by atoms with Crippen LogP contribution in [0.2, 0.25) is 0 Å². The molecule has 5 nitrogen and oxygen atoms in total. The normalized spacial score (nSPS) is 22.2. The second-order valence-electron chi connectivity index (χ2n) is 4.97. The van der Waals surface area contributed by atoms with E-state index in [1.807, 2.05) is 24.3 Å². The number of para-hydroxylation sites is 2. The average molecular weight is 264 g/mol. The van der Waals surface area contributed by atoms with Gasteiger partial charge in [0.2, 0.25) is 5.91 Å². The van der Waals surface area contributed by atoms with Gasteiger partial charge in [0.05, 0.1) is 25.9 Å². The molecule has 1 fully saturated rings. The highest BCUT2D eigenvalue weighted by molar-refractivity contribution is 5.93. The Morgan fingerprint density at radius 2 is 2.26 bits per heavy atom. The lowest BCUT2D eigenvalue weighted by molar-refractivity contribution is -0.115. The first-order valence-corrected chi connectivity index (χ1v) is 6.39. The minimum absolute atomic E-state index is 0.0855. The number of methoxy groups -OCH3 is 1. The molecule has 0 bridgehead atoms. The molecule has 2 N–H and O–H groups in total. The van der Waals surface area contributed by atoms with Crippen molar-refractivity contribution >= 4 is 11.6 Å². The van der Waals surface area contributed by atoms with Gasteiger partial charge in [0.15, 0.2) is 0 Å². The summed E-state index contributed by atoms with van der Waals surface area (Å²) in [5.74, 6) is 0.573. The molecule has 104 valence electrons. The van der Waals surface area contributed by atoms with Gasteiger partial charge in [0.1, 0.15) is 5.75 Å². The van der Waals surface area contributed by atoms with Crippen LogP contribution in [-0.4, -0.2) is 38.3 Å². The van der Waals surface area contributed by atoms with Crippen LogP contribution in [0.4, 0.5) is 5.69 Å². The van der Waals surface area contributed by atoms with Crippen molar-refractivity contribution in [2.75, 3.05) is 32.2 Å². The molecule has 1 saturated heterocycles. The third-order valence-electron chi connectivity index (χ3n) is 3.28. The van der Waals surface area contributed by atoms with Crippen LogP contribution >= 0.6 is 0 Å². The van der Waals surface area contributed by atoms with Crippen molar-refractivity contribution in [3.05, 3.63) is 24.3 Å². The number of amides is 1. The second-order valence-corrected chi connectivity index (χ2v) is 4.97. The molecule has 0 spiro atoms. The molecule has 1 aromatic carbocycles. The maximum atomic E-state index is 11.9. The molecule has 5 heteroatoms. The lowest BCUT2D eigenvalue weighted by Crippen LogP contribution is -2.46. The quantitative estimate of drug-likeness (QED) is 0.844. The van der Waals surface area contributed by atoms with Gasteiger partial charge in [-0.15, -0.1) is 0 Å². The zero-order valence-electron chi connectivity index (χ0n) is 11.4. The van der Waals surface area contributed by atoms with E-state index in [-0.39, 0.29) is 18.0 Å². The molecular formula is C14H20N2O3. The number of carbonyl (C=O) groups excluding carboxylic acids is 1. The summed E-state index contributed by atoms with van der Waals surface area (Å²) in [6.07, 6.45) is 0.926. The summed E-state index contributed by atoms with van der Waals surface area (Å²) in [5.41, 5.74) is 0.586. The van der Waals surface area contributed by atoms with E-state index in [9.17, 15) is 4.79 Å². The molecule has 0 saturated carbocycles. The summed E-state index contributed by atoms with van der Waals surface area (Å²) in [6.45, 7) is 3.72. The fourth-order valence-electron chi connectivity index (χ4n) is 2.04. The van der Waals surface area contributed by atoms with E-state index in [0.29, 0.717) is 18.0 Å². The van der Waals surface area contributed by atoms with E-state index >= 15 is 0 Å². The molecule has 19 heavy (non-hydrogen) atoms. The number of benzene rings is 1. The molecule has 2 rings (SSSR count). The third kappa shape index (κ3) is 3.68. The van der Waals surface area contributed by atoms with Gasteiger partial charge >= 0.3 is 0 Å². The monoisotopic (exact) mass is 264 g/mol. The number of nitrogens with one attached hydrogen (secondary N) is 2. The fraction of sp³-hybridized carbons (Fsp3) is 0.500. The Labute approximate surface area is 113 Å². The summed E-state index contributed by atoms with van der Waals surface area (Å²) in [7, 11) is 1.58. The largest absolute Gasteiger partial charge is 0.495 e. The Morgan fingerprint density at radius 3 is 2.95 bits per heavy atom. The van der Waals surface area contributed by atoms with Crippen molar-refractivity contribution in [2.24, 2.45) is 0 Å². The first-order valence-electron chi connectivity index (χ1n) is 6.39. The molecule has 1 aliphatic heterocycles. The van der Waals surface area contributed by atoms with Crippen LogP contribution in [-0.2, 0) is 9.53 Å². The van der Waals surface area contributed by atoms with Crippen molar-refractivity contribution in [3.63, 3.8) is 0 Å². The van der Waals surface area contributed by atoms with Crippen LogP contribution in [0, 0.1) is 0 Å². The van der Waals surface area contributed by atoms with Gasteiger partial charge in [-0.2, -0.15) is 0 Å². The topological polar surface area (TPSA) is 59.6 Å². The van der Waals surface area contributed by atoms with E-state index < -0.39 is 0 Å². The zero-order chi connectivity index (χ0) is 13.7. The molecule has 1 heterocycles. The molecule has 1 atom stereocenters. The maximum Gasteiger partial charge on any atom is 0.238 e. The smallest absolute Gasteiger partial charge is 0.238 e. The first kappa shape index (κ1) is 13.8. The zero-order valence-corrected chi connectivity index (χ0v) is 11.4. The van der Waals surface area contributed by atoms with Crippen LogP contribution in [0.3, 0.4) is 0 Å². The van der Waals surface area contributed by atoms with Crippen molar-refractivity contribution in [3.8, 4) is 5.75 Å². The summed E-state index contributed by atoms with van der Waals surface area (Å²) in [4.78, 5) is 11.9. The molecule has 1 unspecified atom stereocenters. The SMILES string of the molecule is COc1ccccc1NC(=O)CNC1(C)CCOC1. The third-order valence-corrected chi connectivity index (χ3v) is 3.28. The van der Waals surface area contributed by atoms with Gasteiger partial charge in [-0.3, -0.25) is 4.79 Å². The van der Waals surface area contributed by atoms with Crippen LogP contribution in [0.15, 0.2) is 24.3 Å². The van der Waals surface area contributed by atoms with Gasteiger partial charge in [-0.25, -0.2) is 0 Å². The van der Waals surface area contributed by atoms with Crippen LogP contribution in [0.25, 0.3) is 0 Å². The van der Waals surface area contributed by atoms with E-state index in [0.717, 1.165) is 13.0 Å². The van der Waals surface area contributed by atoms with Gasteiger partial charge in [0, 0.05) is 12.1 Å². The van der Waals surface area contributed by atoms with Crippen LogP contribution in [0.5, 0.6) is 5.75 Å². The molecule has 0 radical (unpaired) electrons. The standard InChI is InChI=1S/C14H20N2O3/c1-14(7-8-19-10-14)15-9-13(17)16-11-5-3-4-6-12(11)18-2/h3-6,15H,7-10H2,1-2H3,(H,16,17). The molecule has 0 aliphatic carbocycles. The van der Waals surface area contributed by atoms with E-state index in [2.05, 4.69) is 17.6 Å². The van der Waals surface area contributed by atoms with Gasteiger partial charge < -0.3 is 20.1 Å². The van der Waals surface area contributed by atoms with Crippen molar-refractivity contribution in [1.29, 1.82) is 0 Å². The average Bonchev–Trinajstić information content (AvgIpc) is 2.85. The minimum Gasteiger partial charge on any atom is -0.495 e. The summed E-state index contributed by atoms with van der Waals surface area (Å²) in [6, 6.07) is 7.35. The highest BCUT2D eigenvalue weighted by Gasteiger charge is 2.29. The molecular weight excluding hydrogens is 244 g/mol. The van der Waals surface area contributed by atoms with Crippen LogP contribution in [0.1, 0.15) is 13.3 Å². The van der Waals surface area contributed by atoms with E-state index in [4.69, 9.17) is 9.47 Å². The number of ether oxygens (including phenoxy) is 2. The Bertz CT molecular complexity index is 442. The molecule has 0 aromatic heterocycles. The Morgan fingerprint density at radius 1 is 1.47 bits per heavy atom. The highest BCUT2D eigenvalue weighted by Crippen LogP contribution is 2.23. The first-order chi connectivity index (χ1) is 9.13. The number of hydrogen-bond acceptors (Lipinski definition) is 4. The Kier molecular flexibility index (Phi) is 4.39. The Hall–Kier alpha value is -1.59. The number of anilines is 1. The van der Waals surface area contributed by atoms with Gasteiger partial charge in [-0.05, 0) is 25.5 Å². The second kappa shape index (κ2) is 6.04. The minimum atomic E-state index is -0.0991. The summed E-state index contributed by atoms with van der Waals surface area (Å²) < 4.78 is 10.5. The lowest BCUT2D eigenvalue weighted by atomic mass is 10.0. The maximum absolute atomic E-state index is 11.9. The van der Waals surface area contributed by atoms with Crippen molar-refractivity contribution < 1.29 is 14.3 Å². The van der Waals surface area contributed by atoms with Gasteiger partial charge in [0.25, 0.3) is 0 Å². The van der Waals surface area contributed by atoms with E-state index in [1.165, 1.54) is 0 Å². The number of rotatable bonds is 5. The predicted octanol–water partition coefficient (Wildman–Crippen LogP) is 1.40. The number of carbonyl (C=O) groups is 1. The van der Waals surface area contributed by atoms with Crippen LogP contribution < -0.4 is 15.4 Å². The van der Waals surface area contributed by atoms with Crippen molar-refractivity contribution in [2.45, 2.75) is 18.9 Å². The number of hydrogen-bond donors (Lipinski definition) is 2. The lowest BCUT2D eigenvalue weighted by Gasteiger charge is -2.23. The summed E-state index contributed by atoms with van der Waals surface area (Å²) >= 11 is 0. The fourth-order valence-corrected chi connectivity index (χ4v) is 2.04. The van der Waals surface area contributed by atoms with Gasteiger partial charge in [-0.1, -0.05) is 12.1 Å². The highest BCUT2D eigenvalue weighted by atomic mass is 16.5. The van der Waals surface area contributed by atoms with E-state index in [1.54, 1.807) is 7.11 Å².